The van der Waals surface area contributed by atoms with Crippen LogP contribution in [0.4, 0.5) is 0 Å². The largest absolute Gasteiger partial charge is 1.00 e. The van der Waals surface area contributed by atoms with Crippen LogP contribution in [0, 0.1) is 0 Å². The molecule has 0 unspecified atom stereocenters. The van der Waals surface area contributed by atoms with Crippen LogP contribution in [0.1, 0.15) is 0 Å². The average molecular weight is 230 g/mol. The molecule has 0 bridgehead atoms. The van der Waals surface area contributed by atoms with Crippen molar-refractivity contribution in [3.05, 3.63) is 16.8 Å². The van der Waals surface area contributed by atoms with Gasteiger partial charge in [-0.15, -0.1) is 0 Å². The first-order valence-electron chi connectivity index (χ1n) is 1.30. The predicted octanol–water partition coefficient (Wildman–Crippen LogP) is -0.905. The molecule has 0 fully saturated rings. The fourth-order valence-electron chi connectivity index (χ4n) is 0.160. The summed E-state index contributed by atoms with van der Waals surface area (Å²) in [7, 11) is 3.51. The van der Waals surface area contributed by atoms with Crippen LogP contribution in [-0.2, 0) is 0 Å². The standard InChI is InChI=1S/C3H3S2.HI/c1-2-4-5-3-1;/h1-3H;1H/q+1;/p-1. The Kier molecular flexibility index (Phi) is 4.47. The fourth-order valence-corrected chi connectivity index (χ4v) is 1.44. The van der Waals surface area contributed by atoms with E-state index in [1.165, 1.54) is 0 Å². The Morgan fingerprint density at radius 2 is 2.33 bits per heavy atom. The van der Waals surface area contributed by atoms with Gasteiger partial charge in [-0.2, -0.15) is 0 Å². The number of hydrogen-bond donors (Lipinski definition) is 0. The first kappa shape index (κ1) is 6.78. The van der Waals surface area contributed by atoms with E-state index in [1.54, 1.807) is 20.7 Å². The lowest BCUT2D eigenvalue weighted by Gasteiger charge is -1.25. The number of hydrogen-bond acceptors (Lipinski definition) is 1. The van der Waals surface area contributed by atoms with Gasteiger partial charge in [-0.25, -0.2) is 0 Å². The molecule has 3 heteroatoms. The summed E-state index contributed by atoms with van der Waals surface area (Å²) in [4.78, 5) is 0. The van der Waals surface area contributed by atoms with E-state index in [9.17, 15) is 0 Å². The predicted molar refractivity (Wildman–Crippen MR) is 26.6 cm³/mol. The zero-order valence-electron chi connectivity index (χ0n) is 2.93. The highest BCUT2D eigenvalue weighted by molar-refractivity contribution is 7.67. The van der Waals surface area contributed by atoms with Crippen molar-refractivity contribution in [3.63, 3.8) is 0 Å². The molecule has 0 N–H and O–H groups in total. The van der Waals surface area contributed by atoms with Crippen LogP contribution in [0.5, 0.6) is 0 Å². The molecule has 0 spiro atoms. The summed E-state index contributed by atoms with van der Waals surface area (Å²) in [5.41, 5.74) is 0. The van der Waals surface area contributed by atoms with Crippen molar-refractivity contribution in [2.45, 2.75) is 0 Å². The van der Waals surface area contributed by atoms with E-state index < -0.39 is 0 Å². The normalized spacial score (nSPS) is 6.67. The molecule has 0 aliphatic heterocycles. The molecular formula is C3H3IS2. The molecule has 1 aromatic rings. The summed E-state index contributed by atoms with van der Waals surface area (Å²) in [6.07, 6.45) is 0. The zero-order valence-corrected chi connectivity index (χ0v) is 6.72. The van der Waals surface area contributed by atoms with Crippen LogP contribution in [-0.4, -0.2) is 0 Å². The van der Waals surface area contributed by atoms with Gasteiger partial charge in [0.15, 0.2) is 10.3 Å². The second-order valence-corrected chi connectivity index (χ2v) is 2.74. The number of rotatable bonds is 0. The third kappa shape index (κ3) is 2.04. The molecule has 0 radical (unpaired) electrons. The Bertz CT molecular complexity index is 65.3. The Morgan fingerprint density at radius 3 is 2.50 bits per heavy atom. The van der Waals surface area contributed by atoms with Crippen molar-refractivity contribution >= 4 is 20.7 Å². The van der Waals surface area contributed by atoms with Crippen LogP contribution in [0.25, 0.3) is 0 Å². The maximum atomic E-state index is 2.06. The summed E-state index contributed by atoms with van der Waals surface area (Å²) in [6, 6.07) is 2.04. The van der Waals surface area contributed by atoms with Crippen LogP contribution in [0.2, 0.25) is 0 Å². The lowest BCUT2D eigenvalue weighted by Crippen LogP contribution is -3.00. The summed E-state index contributed by atoms with van der Waals surface area (Å²) >= 11 is 0. The van der Waals surface area contributed by atoms with E-state index in [2.05, 4.69) is 10.8 Å². The summed E-state index contributed by atoms with van der Waals surface area (Å²) in [6.45, 7) is 0. The van der Waals surface area contributed by atoms with Gasteiger partial charge in [0.2, 0.25) is 5.38 Å². The topological polar surface area (TPSA) is 0 Å². The third-order valence-corrected chi connectivity index (χ3v) is 1.97. The molecular weight excluding hydrogens is 227 g/mol. The van der Waals surface area contributed by atoms with Crippen LogP contribution in [0.15, 0.2) is 16.8 Å². The van der Waals surface area contributed by atoms with E-state index in [0.717, 1.165) is 0 Å². The summed E-state index contributed by atoms with van der Waals surface area (Å²) < 4.78 is 0. The highest BCUT2D eigenvalue weighted by atomic mass is 127. The molecule has 0 saturated carbocycles. The van der Waals surface area contributed by atoms with E-state index in [1.807, 2.05) is 6.07 Å². The highest BCUT2D eigenvalue weighted by Gasteiger charge is 1.79. The second kappa shape index (κ2) is 3.95. The Balaban J connectivity index is 0.000000250. The van der Waals surface area contributed by atoms with Crippen molar-refractivity contribution in [3.8, 4) is 0 Å². The van der Waals surface area contributed by atoms with E-state index in [-0.39, 0.29) is 24.0 Å². The Hall–Kier alpha value is 0.780. The van der Waals surface area contributed by atoms with Gasteiger partial charge in [0, 0.05) is 6.07 Å². The maximum absolute atomic E-state index is 2.06. The molecule has 34 valence electrons. The molecule has 0 atom stereocenters. The molecule has 0 saturated heterocycles. The number of halogens is 1. The van der Waals surface area contributed by atoms with E-state index in [0.29, 0.717) is 0 Å². The quantitative estimate of drug-likeness (QED) is 0.307. The molecule has 0 aromatic carbocycles. The minimum Gasteiger partial charge on any atom is -1.00 e. The minimum absolute atomic E-state index is 0. The van der Waals surface area contributed by atoms with Crippen molar-refractivity contribution in [2.24, 2.45) is 0 Å². The van der Waals surface area contributed by atoms with E-state index in [4.69, 9.17) is 0 Å². The van der Waals surface area contributed by atoms with Crippen molar-refractivity contribution in [2.75, 3.05) is 0 Å². The van der Waals surface area contributed by atoms with Gasteiger partial charge in [0.25, 0.3) is 10.3 Å². The minimum atomic E-state index is 0. The molecule has 6 heavy (non-hydrogen) atoms. The van der Waals surface area contributed by atoms with Gasteiger partial charge in [-0.3, -0.25) is 0 Å². The molecule has 1 rings (SSSR count). The first-order chi connectivity index (χ1) is 2.50. The van der Waals surface area contributed by atoms with Crippen molar-refractivity contribution in [1.82, 2.24) is 0 Å². The van der Waals surface area contributed by atoms with Crippen LogP contribution in [0.3, 0.4) is 0 Å². The van der Waals surface area contributed by atoms with E-state index >= 15 is 0 Å². The monoisotopic (exact) mass is 230 g/mol. The smallest absolute Gasteiger partial charge is 0.291 e. The van der Waals surface area contributed by atoms with Crippen molar-refractivity contribution < 1.29 is 24.0 Å². The Labute approximate surface area is 61.2 Å². The molecule has 0 nitrogen and oxygen atoms in total. The highest BCUT2D eigenvalue weighted by Crippen LogP contribution is 2.02. The SMILES string of the molecule is [I-].c1cs[s+]c1. The van der Waals surface area contributed by atoms with Gasteiger partial charge < -0.3 is 24.0 Å². The third-order valence-electron chi connectivity index (χ3n) is 0.324. The lowest BCUT2D eigenvalue weighted by atomic mass is 10.8. The molecule has 1 heterocycles. The second-order valence-electron chi connectivity index (χ2n) is 0.657. The first-order valence-corrected chi connectivity index (χ1v) is 3.58. The molecule has 1 aromatic heterocycles. The van der Waals surface area contributed by atoms with Gasteiger partial charge in [0.05, 0.1) is 5.38 Å². The van der Waals surface area contributed by atoms with Gasteiger partial charge in [-0.05, 0) is 0 Å². The van der Waals surface area contributed by atoms with Gasteiger partial charge in [0.1, 0.15) is 0 Å². The molecule has 0 amide bonds. The lowest BCUT2D eigenvalue weighted by molar-refractivity contribution is -0.000000857. The maximum Gasteiger partial charge on any atom is 0.291 e. The molecule has 0 aliphatic rings. The van der Waals surface area contributed by atoms with Crippen LogP contribution >= 0.6 is 20.7 Å². The molecule has 0 aliphatic carbocycles. The average Bonchev–Trinajstić information content (AvgIpc) is 1.76. The zero-order chi connectivity index (χ0) is 3.54. The summed E-state index contributed by atoms with van der Waals surface area (Å²) in [5.74, 6) is 0. The van der Waals surface area contributed by atoms with Gasteiger partial charge >= 0.3 is 0 Å². The fraction of sp³-hybridized carbons (Fsp3) is 0. The van der Waals surface area contributed by atoms with Crippen LogP contribution < -0.4 is 24.0 Å². The Morgan fingerprint density at radius 1 is 1.50 bits per heavy atom. The summed E-state index contributed by atoms with van der Waals surface area (Å²) in [5, 5.41) is 4.12. The van der Waals surface area contributed by atoms with Crippen molar-refractivity contribution in [1.29, 1.82) is 0 Å². The van der Waals surface area contributed by atoms with Gasteiger partial charge in [-0.1, -0.05) is 0 Å².